The summed E-state index contributed by atoms with van der Waals surface area (Å²) >= 11 is 0. The Kier molecular flexibility index (Phi) is 4.16. The molecule has 0 fully saturated rings. The Bertz CT molecular complexity index is 415. The van der Waals surface area contributed by atoms with Gasteiger partial charge in [-0.05, 0) is 26.7 Å². The third-order valence-corrected chi connectivity index (χ3v) is 4.05. The van der Waals surface area contributed by atoms with Gasteiger partial charge in [-0.3, -0.25) is 4.79 Å². The van der Waals surface area contributed by atoms with Gasteiger partial charge in [-0.1, -0.05) is 43.4 Å². The average Bonchev–Trinajstić information content (AvgIpc) is 2.27. The van der Waals surface area contributed by atoms with Gasteiger partial charge in [0.15, 0.2) is 0 Å². The first kappa shape index (κ1) is 14.7. The highest BCUT2D eigenvalue weighted by atomic mass is 16.1. The highest BCUT2D eigenvalue weighted by molar-refractivity contribution is 5.93. The summed E-state index contributed by atoms with van der Waals surface area (Å²) in [6, 6.07) is 0. The monoisotopic (exact) mass is 244 g/mol. The lowest BCUT2D eigenvalue weighted by atomic mass is 9.57. The second-order valence-corrected chi connectivity index (χ2v) is 5.83. The predicted octanol–water partition coefficient (Wildman–Crippen LogP) is 4.48. The van der Waals surface area contributed by atoms with E-state index in [2.05, 4.69) is 25.8 Å². The molecule has 0 unspecified atom stereocenters. The minimum Gasteiger partial charge on any atom is -0.298 e. The van der Waals surface area contributed by atoms with Crippen molar-refractivity contribution in [2.45, 2.75) is 33.6 Å². The van der Waals surface area contributed by atoms with Gasteiger partial charge in [0.2, 0.25) is 0 Å². The molecule has 3 atom stereocenters. The summed E-state index contributed by atoms with van der Waals surface area (Å²) in [6.45, 7) is 17.6. The zero-order valence-electron chi connectivity index (χ0n) is 11.8. The Morgan fingerprint density at radius 3 is 2.33 bits per heavy atom. The molecule has 0 aromatic heterocycles. The molecule has 1 aliphatic rings. The molecule has 0 saturated carbocycles. The standard InChI is InChI=1S/C17H24O/c1-7-10-16(5)12-9-14(13(3)4)17(6,11-8-2)15(16)18/h7-9,12,14H,1-3,10-11H2,4-6H3/t14-,16+,17-/m0/s1. The molecule has 0 saturated heterocycles. The minimum absolute atomic E-state index is 0.0980. The van der Waals surface area contributed by atoms with Gasteiger partial charge in [-0.15, -0.1) is 13.2 Å². The van der Waals surface area contributed by atoms with Crippen molar-refractivity contribution in [3.8, 4) is 0 Å². The molecule has 0 heterocycles. The quantitative estimate of drug-likeness (QED) is 0.651. The van der Waals surface area contributed by atoms with Gasteiger partial charge in [0, 0.05) is 16.7 Å². The van der Waals surface area contributed by atoms with Crippen molar-refractivity contribution in [1.82, 2.24) is 0 Å². The number of carbonyl (C=O) groups is 1. The highest BCUT2D eigenvalue weighted by Gasteiger charge is 2.49. The van der Waals surface area contributed by atoms with E-state index < -0.39 is 10.8 Å². The van der Waals surface area contributed by atoms with Gasteiger partial charge in [-0.2, -0.15) is 0 Å². The first-order valence-electron chi connectivity index (χ1n) is 6.43. The Balaban J connectivity index is 3.30. The number of carbonyl (C=O) groups excluding carboxylic acids is 1. The van der Waals surface area contributed by atoms with Crippen molar-refractivity contribution in [2.75, 3.05) is 0 Å². The maximum Gasteiger partial charge on any atom is 0.149 e. The van der Waals surface area contributed by atoms with Crippen LogP contribution in [0.2, 0.25) is 0 Å². The summed E-state index contributed by atoms with van der Waals surface area (Å²) in [5.74, 6) is 0.367. The molecule has 0 bridgehead atoms. The van der Waals surface area contributed by atoms with Crippen LogP contribution in [0, 0.1) is 16.7 Å². The van der Waals surface area contributed by atoms with Crippen LogP contribution in [0.1, 0.15) is 33.6 Å². The van der Waals surface area contributed by atoms with Crippen molar-refractivity contribution in [3.05, 3.63) is 49.6 Å². The second-order valence-electron chi connectivity index (χ2n) is 5.83. The van der Waals surface area contributed by atoms with Crippen LogP contribution in [-0.4, -0.2) is 5.78 Å². The molecular weight excluding hydrogens is 220 g/mol. The van der Waals surface area contributed by atoms with E-state index in [9.17, 15) is 4.79 Å². The predicted molar refractivity (Wildman–Crippen MR) is 78.3 cm³/mol. The van der Waals surface area contributed by atoms with E-state index in [1.807, 2.05) is 39.0 Å². The fraction of sp³-hybridized carbons (Fsp3) is 0.471. The van der Waals surface area contributed by atoms with Crippen LogP contribution in [0.5, 0.6) is 0 Å². The van der Waals surface area contributed by atoms with E-state index in [0.29, 0.717) is 12.8 Å². The Hall–Kier alpha value is -1.37. The van der Waals surface area contributed by atoms with Crippen LogP contribution in [0.4, 0.5) is 0 Å². The summed E-state index contributed by atoms with van der Waals surface area (Å²) in [5, 5.41) is 0. The summed E-state index contributed by atoms with van der Waals surface area (Å²) in [4.78, 5) is 12.9. The molecule has 18 heavy (non-hydrogen) atoms. The number of hydrogen-bond donors (Lipinski definition) is 0. The van der Waals surface area contributed by atoms with Crippen molar-refractivity contribution in [3.63, 3.8) is 0 Å². The van der Waals surface area contributed by atoms with Crippen molar-refractivity contribution in [2.24, 2.45) is 16.7 Å². The molecule has 0 amide bonds. The van der Waals surface area contributed by atoms with E-state index in [1.54, 1.807) is 0 Å². The molecule has 0 aliphatic heterocycles. The van der Waals surface area contributed by atoms with E-state index >= 15 is 0 Å². The molecule has 1 heteroatoms. The van der Waals surface area contributed by atoms with Crippen LogP contribution in [0.3, 0.4) is 0 Å². The maximum absolute atomic E-state index is 12.9. The summed E-state index contributed by atoms with van der Waals surface area (Å²) in [7, 11) is 0. The largest absolute Gasteiger partial charge is 0.298 e. The van der Waals surface area contributed by atoms with Gasteiger partial charge >= 0.3 is 0 Å². The van der Waals surface area contributed by atoms with Crippen LogP contribution < -0.4 is 0 Å². The van der Waals surface area contributed by atoms with Crippen molar-refractivity contribution in [1.29, 1.82) is 0 Å². The molecular formula is C17H24O. The molecule has 0 aromatic carbocycles. The Labute approximate surface area is 111 Å². The summed E-state index contributed by atoms with van der Waals surface area (Å²) < 4.78 is 0. The smallest absolute Gasteiger partial charge is 0.149 e. The Morgan fingerprint density at radius 1 is 1.33 bits per heavy atom. The molecule has 98 valence electrons. The number of allylic oxidation sites excluding steroid dienone is 5. The number of rotatable bonds is 5. The van der Waals surface area contributed by atoms with Gasteiger partial charge in [0.25, 0.3) is 0 Å². The highest BCUT2D eigenvalue weighted by Crippen LogP contribution is 2.48. The van der Waals surface area contributed by atoms with E-state index in [4.69, 9.17) is 0 Å². The van der Waals surface area contributed by atoms with Gasteiger partial charge in [0.1, 0.15) is 5.78 Å². The number of Topliss-reactive ketones (excluding diaryl/α,β-unsaturated/α-hetero) is 1. The fourth-order valence-electron chi connectivity index (χ4n) is 3.08. The maximum atomic E-state index is 12.9. The average molecular weight is 244 g/mol. The summed E-state index contributed by atoms with van der Waals surface area (Å²) in [6.07, 6.45) is 9.18. The van der Waals surface area contributed by atoms with E-state index in [-0.39, 0.29) is 11.7 Å². The van der Waals surface area contributed by atoms with Crippen LogP contribution in [0.15, 0.2) is 49.6 Å². The fourth-order valence-corrected chi connectivity index (χ4v) is 3.08. The third kappa shape index (κ3) is 2.27. The van der Waals surface area contributed by atoms with Gasteiger partial charge in [-0.25, -0.2) is 0 Å². The lowest BCUT2D eigenvalue weighted by molar-refractivity contribution is -0.137. The molecule has 0 radical (unpaired) electrons. The molecule has 0 spiro atoms. The SMILES string of the molecule is C=CC[C@]1(C)C=C[C@@H](C(=C)C)[C@](C)(CC=C)C1=O. The van der Waals surface area contributed by atoms with E-state index in [1.165, 1.54) is 0 Å². The zero-order valence-corrected chi connectivity index (χ0v) is 11.8. The summed E-state index contributed by atoms with van der Waals surface area (Å²) in [5.41, 5.74) is 0.163. The molecule has 0 aromatic rings. The topological polar surface area (TPSA) is 17.1 Å². The van der Waals surface area contributed by atoms with Gasteiger partial charge in [0.05, 0.1) is 0 Å². The first-order valence-corrected chi connectivity index (χ1v) is 6.43. The number of ketones is 1. The zero-order chi connectivity index (χ0) is 14.0. The molecule has 1 rings (SSSR count). The number of hydrogen-bond acceptors (Lipinski definition) is 1. The normalized spacial score (nSPS) is 35.3. The third-order valence-electron chi connectivity index (χ3n) is 4.05. The van der Waals surface area contributed by atoms with Crippen LogP contribution in [0.25, 0.3) is 0 Å². The molecule has 1 aliphatic carbocycles. The van der Waals surface area contributed by atoms with Crippen LogP contribution in [-0.2, 0) is 4.79 Å². The van der Waals surface area contributed by atoms with E-state index in [0.717, 1.165) is 5.57 Å². The molecule has 0 N–H and O–H groups in total. The minimum atomic E-state index is -0.439. The van der Waals surface area contributed by atoms with Crippen molar-refractivity contribution < 1.29 is 4.79 Å². The Morgan fingerprint density at radius 2 is 1.89 bits per heavy atom. The van der Waals surface area contributed by atoms with Crippen molar-refractivity contribution >= 4 is 5.78 Å². The molecule has 1 nitrogen and oxygen atoms in total. The lowest BCUT2D eigenvalue weighted by Gasteiger charge is -2.44. The van der Waals surface area contributed by atoms with Gasteiger partial charge < -0.3 is 0 Å². The lowest BCUT2D eigenvalue weighted by Crippen LogP contribution is -2.46. The van der Waals surface area contributed by atoms with Crippen LogP contribution >= 0.6 is 0 Å². The first-order chi connectivity index (χ1) is 8.31. The second kappa shape index (κ2) is 5.09.